The molecule has 5 heteroatoms. The first-order chi connectivity index (χ1) is 13.3. The van der Waals surface area contributed by atoms with Crippen molar-refractivity contribution in [2.45, 2.75) is 53.4 Å². The van der Waals surface area contributed by atoms with Gasteiger partial charge >= 0.3 is 5.97 Å². The largest absolute Gasteiger partial charge is 0.460 e. The molecule has 28 heavy (non-hydrogen) atoms. The molecule has 0 radical (unpaired) electrons. The first-order valence-electron chi connectivity index (χ1n) is 9.80. The highest BCUT2D eigenvalue weighted by Gasteiger charge is 2.35. The lowest BCUT2D eigenvalue weighted by molar-refractivity contribution is -0.157. The highest BCUT2D eigenvalue weighted by Crippen LogP contribution is 2.23. The molecule has 0 aliphatic carbocycles. The zero-order valence-corrected chi connectivity index (χ0v) is 17.2. The van der Waals surface area contributed by atoms with Gasteiger partial charge in [-0.25, -0.2) is 4.79 Å². The van der Waals surface area contributed by atoms with E-state index in [1.54, 1.807) is 38.1 Å². The molecular weight excluding hydrogens is 356 g/mol. The number of ether oxygens (including phenoxy) is 1. The van der Waals surface area contributed by atoms with Crippen LogP contribution in [0.3, 0.4) is 0 Å². The Kier molecular flexibility index (Phi) is 10.1. The summed E-state index contributed by atoms with van der Waals surface area (Å²) in [6.07, 6.45) is 3.28. The van der Waals surface area contributed by atoms with Gasteiger partial charge in [0, 0.05) is 11.5 Å². The van der Waals surface area contributed by atoms with Crippen molar-refractivity contribution in [3.05, 3.63) is 47.5 Å². The molecule has 152 valence electrons. The number of allylic oxidation sites excluding steroid dienone is 2. The topological polar surface area (TPSA) is 77.5 Å². The minimum atomic E-state index is -1.21. The molecule has 5 nitrogen and oxygen atoms in total. The van der Waals surface area contributed by atoms with Gasteiger partial charge in [-0.15, -0.1) is 0 Å². The summed E-state index contributed by atoms with van der Waals surface area (Å²) >= 11 is 0. The third-order valence-electron chi connectivity index (χ3n) is 4.47. The molecule has 0 heterocycles. The minimum absolute atomic E-state index is 0.00540. The van der Waals surface area contributed by atoms with Gasteiger partial charge in [0.15, 0.2) is 11.6 Å². The maximum atomic E-state index is 12.8. The molecule has 1 aromatic rings. The van der Waals surface area contributed by atoms with E-state index in [-0.39, 0.29) is 18.8 Å². The molecule has 0 saturated carbocycles. The second-order valence-corrected chi connectivity index (χ2v) is 7.10. The van der Waals surface area contributed by atoms with E-state index in [0.29, 0.717) is 18.4 Å². The summed E-state index contributed by atoms with van der Waals surface area (Å²) < 4.78 is 4.99. The van der Waals surface area contributed by atoms with Gasteiger partial charge in [-0.1, -0.05) is 56.2 Å². The number of hydrogen-bond acceptors (Lipinski definition) is 5. The van der Waals surface area contributed by atoms with Gasteiger partial charge in [0.1, 0.15) is 0 Å². The molecule has 0 aliphatic heterocycles. The van der Waals surface area contributed by atoms with Gasteiger partial charge in [-0.2, -0.15) is 0 Å². The van der Waals surface area contributed by atoms with Gasteiger partial charge in [-0.05, 0) is 39.2 Å². The summed E-state index contributed by atoms with van der Waals surface area (Å²) in [6, 6.07) is 8.76. The van der Waals surface area contributed by atoms with E-state index in [1.807, 2.05) is 19.9 Å². The van der Waals surface area contributed by atoms with Crippen LogP contribution >= 0.6 is 0 Å². The normalized spacial score (nSPS) is 12.6. The standard InChI is InChI=1S/C23H30O5/c1-5-7-13-28-23(27)22(26)19(20(24)14-16(3)4)15-17(6-2)21(25)18-11-9-8-10-12-18/h8-12,14,17,19H,5-7,13,15H2,1-4H3/t17-,19+/m0/s1. The Morgan fingerprint density at radius 3 is 2.21 bits per heavy atom. The number of hydrogen-bond donors (Lipinski definition) is 0. The number of unbranched alkanes of at least 4 members (excludes halogenated alkanes) is 1. The smallest absolute Gasteiger partial charge is 0.375 e. The first-order valence-corrected chi connectivity index (χ1v) is 9.80. The monoisotopic (exact) mass is 386 g/mol. The molecule has 0 bridgehead atoms. The summed E-state index contributed by atoms with van der Waals surface area (Å²) in [4.78, 5) is 50.2. The molecule has 2 atom stereocenters. The van der Waals surface area contributed by atoms with Crippen LogP contribution in [-0.4, -0.2) is 29.9 Å². The summed E-state index contributed by atoms with van der Waals surface area (Å²) in [5, 5.41) is 0. The Morgan fingerprint density at radius 2 is 1.68 bits per heavy atom. The average Bonchev–Trinajstić information content (AvgIpc) is 2.68. The lowest BCUT2D eigenvalue weighted by atomic mass is 9.82. The molecule has 0 fully saturated rings. The molecule has 0 amide bonds. The third kappa shape index (κ3) is 7.22. The highest BCUT2D eigenvalue weighted by atomic mass is 16.5. The molecular formula is C23H30O5. The van der Waals surface area contributed by atoms with Crippen molar-refractivity contribution in [3.63, 3.8) is 0 Å². The number of rotatable bonds is 12. The van der Waals surface area contributed by atoms with Crippen LogP contribution in [0.2, 0.25) is 0 Å². The van der Waals surface area contributed by atoms with Gasteiger partial charge in [0.25, 0.3) is 5.78 Å². The minimum Gasteiger partial charge on any atom is -0.460 e. The van der Waals surface area contributed by atoms with E-state index < -0.39 is 29.4 Å². The molecule has 0 unspecified atom stereocenters. The van der Waals surface area contributed by atoms with E-state index >= 15 is 0 Å². The van der Waals surface area contributed by atoms with Crippen molar-refractivity contribution in [3.8, 4) is 0 Å². The van der Waals surface area contributed by atoms with Crippen LogP contribution in [-0.2, 0) is 19.1 Å². The predicted octanol–water partition coefficient (Wildman–Crippen LogP) is 4.35. The van der Waals surface area contributed by atoms with Crippen LogP contribution in [0.15, 0.2) is 42.0 Å². The summed E-state index contributed by atoms with van der Waals surface area (Å²) in [5.41, 5.74) is 1.25. The van der Waals surface area contributed by atoms with Crippen LogP contribution in [0.4, 0.5) is 0 Å². The number of carbonyl (C=O) groups is 4. The predicted molar refractivity (Wildman–Crippen MR) is 108 cm³/mol. The maximum Gasteiger partial charge on any atom is 0.375 e. The lowest BCUT2D eigenvalue weighted by Gasteiger charge is -2.19. The summed E-state index contributed by atoms with van der Waals surface area (Å²) in [7, 11) is 0. The van der Waals surface area contributed by atoms with E-state index in [4.69, 9.17) is 4.74 Å². The number of esters is 1. The van der Waals surface area contributed by atoms with E-state index in [0.717, 1.165) is 12.0 Å². The Labute approximate surface area is 167 Å². The second-order valence-electron chi connectivity index (χ2n) is 7.10. The van der Waals surface area contributed by atoms with Gasteiger partial charge in [-0.3, -0.25) is 14.4 Å². The van der Waals surface area contributed by atoms with Crippen molar-refractivity contribution in [1.29, 1.82) is 0 Å². The van der Waals surface area contributed by atoms with Crippen molar-refractivity contribution in [1.82, 2.24) is 0 Å². The highest BCUT2D eigenvalue weighted by molar-refractivity contribution is 6.39. The fourth-order valence-electron chi connectivity index (χ4n) is 2.84. The van der Waals surface area contributed by atoms with Crippen molar-refractivity contribution in [2.75, 3.05) is 6.61 Å². The lowest BCUT2D eigenvalue weighted by Crippen LogP contribution is -2.34. The fourth-order valence-corrected chi connectivity index (χ4v) is 2.84. The molecule has 1 rings (SSSR count). The van der Waals surface area contributed by atoms with Crippen LogP contribution in [0, 0.1) is 11.8 Å². The van der Waals surface area contributed by atoms with E-state index in [9.17, 15) is 19.2 Å². The van der Waals surface area contributed by atoms with Gasteiger partial charge in [0.2, 0.25) is 0 Å². The zero-order valence-electron chi connectivity index (χ0n) is 17.2. The average molecular weight is 386 g/mol. The van der Waals surface area contributed by atoms with Crippen molar-refractivity contribution < 1.29 is 23.9 Å². The molecule has 0 aromatic heterocycles. The molecule has 0 N–H and O–H groups in total. The summed E-state index contributed by atoms with van der Waals surface area (Å²) in [5.74, 6) is -4.22. The van der Waals surface area contributed by atoms with Gasteiger partial charge in [0.05, 0.1) is 12.5 Å². The second kappa shape index (κ2) is 12.0. The first kappa shape index (κ1) is 23.5. The van der Waals surface area contributed by atoms with Crippen LogP contribution in [0.5, 0.6) is 0 Å². The van der Waals surface area contributed by atoms with Crippen LogP contribution in [0.25, 0.3) is 0 Å². The van der Waals surface area contributed by atoms with Crippen LogP contribution < -0.4 is 0 Å². The van der Waals surface area contributed by atoms with E-state index in [1.165, 1.54) is 6.08 Å². The Balaban J connectivity index is 3.04. The van der Waals surface area contributed by atoms with Crippen molar-refractivity contribution >= 4 is 23.3 Å². The molecule has 0 aliphatic rings. The summed E-state index contributed by atoms with van der Waals surface area (Å²) in [6.45, 7) is 7.40. The Morgan fingerprint density at radius 1 is 1.04 bits per heavy atom. The molecule has 0 spiro atoms. The SMILES string of the molecule is CCCCOC(=O)C(=O)[C@H](C[C@H](CC)C(=O)c1ccccc1)C(=O)C=C(C)C. The number of carbonyl (C=O) groups excluding carboxylic acids is 4. The quantitative estimate of drug-likeness (QED) is 0.133. The van der Waals surface area contributed by atoms with E-state index in [2.05, 4.69) is 0 Å². The molecule has 1 aromatic carbocycles. The molecule has 0 saturated heterocycles. The fraction of sp³-hybridized carbons (Fsp3) is 0.478. The third-order valence-corrected chi connectivity index (χ3v) is 4.47. The van der Waals surface area contributed by atoms with Crippen molar-refractivity contribution in [2.24, 2.45) is 11.8 Å². The Hall–Kier alpha value is -2.56. The number of ketones is 3. The zero-order chi connectivity index (χ0) is 21.1. The van der Waals surface area contributed by atoms with Crippen LogP contribution in [0.1, 0.15) is 63.7 Å². The maximum absolute atomic E-state index is 12.8. The number of benzene rings is 1. The Bertz CT molecular complexity index is 714. The van der Waals surface area contributed by atoms with Gasteiger partial charge < -0.3 is 4.74 Å². The number of Topliss-reactive ketones (excluding diaryl/α,β-unsaturated/α-hetero) is 2.